The molecule has 4 heteroatoms. The van der Waals surface area contributed by atoms with Crippen LogP contribution in [-0.4, -0.2) is 22.6 Å². The van der Waals surface area contributed by atoms with E-state index in [1.54, 1.807) is 0 Å². The zero-order valence-corrected chi connectivity index (χ0v) is 12.1. The van der Waals surface area contributed by atoms with Gasteiger partial charge in [-0.25, -0.2) is 0 Å². The summed E-state index contributed by atoms with van der Waals surface area (Å²) < 4.78 is 1.95. The fourth-order valence-electron chi connectivity index (χ4n) is 1.88. The van der Waals surface area contributed by atoms with E-state index in [2.05, 4.69) is 36.7 Å². The van der Waals surface area contributed by atoms with Gasteiger partial charge in [-0.1, -0.05) is 13.8 Å². The Morgan fingerprint density at radius 1 is 1.42 bits per heavy atom. The van der Waals surface area contributed by atoms with Gasteiger partial charge < -0.3 is 15.2 Å². The third-order valence-corrected chi connectivity index (χ3v) is 3.70. The van der Waals surface area contributed by atoms with Crippen LogP contribution in [0.4, 0.5) is 0 Å². The molecule has 2 N–H and O–H groups in total. The van der Waals surface area contributed by atoms with E-state index in [9.17, 15) is 4.79 Å². The smallest absolute Gasteiger partial charge is 0.240 e. The van der Waals surface area contributed by atoms with Crippen molar-refractivity contribution in [3.05, 3.63) is 24.0 Å². The van der Waals surface area contributed by atoms with E-state index >= 15 is 0 Å². The van der Waals surface area contributed by atoms with Gasteiger partial charge in [-0.2, -0.15) is 0 Å². The highest BCUT2D eigenvalue weighted by Crippen LogP contribution is 2.19. The van der Waals surface area contributed by atoms with Crippen molar-refractivity contribution in [2.75, 3.05) is 0 Å². The van der Waals surface area contributed by atoms with Gasteiger partial charge in [0.05, 0.1) is 0 Å². The lowest BCUT2D eigenvalue weighted by Gasteiger charge is -2.17. The molecule has 0 aromatic carbocycles. The van der Waals surface area contributed by atoms with E-state index in [1.165, 1.54) is 18.4 Å². The normalized spacial score (nSPS) is 16.6. The molecule has 0 aliphatic heterocycles. The van der Waals surface area contributed by atoms with Crippen molar-refractivity contribution in [2.45, 2.75) is 58.8 Å². The quantitative estimate of drug-likeness (QED) is 0.789. The Morgan fingerprint density at radius 2 is 2.16 bits per heavy atom. The number of nitrogens with one attached hydrogen (secondary N) is 2. The Hall–Kier alpha value is -1.29. The van der Waals surface area contributed by atoms with Crippen LogP contribution in [0.25, 0.3) is 0 Å². The maximum atomic E-state index is 11.9. The fraction of sp³-hybridized carbons (Fsp3) is 0.667. The van der Waals surface area contributed by atoms with Crippen LogP contribution >= 0.6 is 0 Å². The van der Waals surface area contributed by atoms with Crippen molar-refractivity contribution >= 4 is 5.91 Å². The van der Waals surface area contributed by atoms with Crippen LogP contribution in [0.5, 0.6) is 0 Å². The van der Waals surface area contributed by atoms with Gasteiger partial charge in [-0.05, 0) is 37.3 Å². The standard InChI is InChI=1S/C15H25N3O/c1-11(2)12(3)17-15(19)10-18-7-6-13(9-18)8-16-14-4-5-14/h6-7,9,11-12,14,16H,4-5,8,10H2,1-3H3,(H,17,19). The molecule has 19 heavy (non-hydrogen) atoms. The Bertz CT molecular complexity index is 421. The van der Waals surface area contributed by atoms with Crippen LogP contribution < -0.4 is 10.6 Å². The highest BCUT2D eigenvalue weighted by atomic mass is 16.2. The zero-order chi connectivity index (χ0) is 13.8. The summed E-state index contributed by atoms with van der Waals surface area (Å²) in [5, 5.41) is 6.49. The largest absolute Gasteiger partial charge is 0.352 e. The molecule has 4 nitrogen and oxygen atoms in total. The summed E-state index contributed by atoms with van der Waals surface area (Å²) in [4.78, 5) is 11.9. The second-order valence-corrected chi connectivity index (χ2v) is 5.95. The first-order valence-corrected chi connectivity index (χ1v) is 7.22. The summed E-state index contributed by atoms with van der Waals surface area (Å²) in [7, 11) is 0. The van der Waals surface area contributed by atoms with Crippen LogP contribution in [0.15, 0.2) is 18.5 Å². The number of amides is 1. The van der Waals surface area contributed by atoms with Gasteiger partial charge in [-0.3, -0.25) is 4.79 Å². The van der Waals surface area contributed by atoms with Crippen LogP contribution in [0.2, 0.25) is 0 Å². The minimum absolute atomic E-state index is 0.0819. The summed E-state index contributed by atoms with van der Waals surface area (Å²) in [6.45, 7) is 7.58. The van der Waals surface area contributed by atoms with E-state index in [1.807, 2.05) is 17.7 Å². The summed E-state index contributed by atoms with van der Waals surface area (Å²) in [5.41, 5.74) is 1.25. The Balaban J connectivity index is 1.76. The predicted molar refractivity (Wildman–Crippen MR) is 76.7 cm³/mol. The number of carbonyl (C=O) groups is 1. The molecule has 1 aromatic heterocycles. The molecule has 1 atom stereocenters. The predicted octanol–water partition coefficient (Wildman–Crippen LogP) is 1.90. The minimum atomic E-state index is 0.0819. The van der Waals surface area contributed by atoms with Crippen molar-refractivity contribution in [3.63, 3.8) is 0 Å². The Morgan fingerprint density at radius 3 is 2.79 bits per heavy atom. The average molecular weight is 263 g/mol. The second kappa shape index (κ2) is 6.24. The van der Waals surface area contributed by atoms with Gasteiger partial charge in [0, 0.05) is 31.0 Å². The molecule has 1 aliphatic rings. The number of carbonyl (C=O) groups excluding carboxylic acids is 1. The van der Waals surface area contributed by atoms with E-state index in [0.717, 1.165) is 12.6 Å². The monoisotopic (exact) mass is 263 g/mol. The molecule has 0 radical (unpaired) electrons. The molecular weight excluding hydrogens is 238 g/mol. The molecule has 1 aromatic rings. The summed E-state index contributed by atoms with van der Waals surface area (Å²) in [5.74, 6) is 0.547. The SMILES string of the molecule is CC(C)C(C)NC(=O)Cn1ccc(CNC2CC2)c1. The maximum Gasteiger partial charge on any atom is 0.240 e. The molecule has 1 heterocycles. The molecule has 1 aliphatic carbocycles. The molecule has 0 spiro atoms. The lowest BCUT2D eigenvalue weighted by Crippen LogP contribution is -2.37. The number of hydrogen-bond donors (Lipinski definition) is 2. The van der Waals surface area contributed by atoms with Crippen molar-refractivity contribution < 1.29 is 4.79 Å². The molecular formula is C15H25N3O. The maximum absolute atomic E-state index is 11.9. The zero-order valence-electron chi connectivity index (χ0n) is 12.1. The van der Waals surface area contributed by atoms with Gasteiger partial charge in [0.25, 0.3) is 0 Å². The van der Waals surface area contributed by atoms with E-state index in [-0.39, 0.29) is 11.9 Å². The van der Waals surface area contributed by atoms with Gasteiger partial charge in [-0.15, -0.1) is 0 Å². The number of rotatable bonds is 7. The number of aromatic nitrogens is 1. The van der Waals surface area contributed by atoms with E-state index in [0.29, 0.717) is 12.5 Å². The molecule has 0 bridgehead atoms. The number of nitrogens with zero attached hydrogens (tertiary/aromatic N) is 1. The first-order valence-electron chi connectivity index (χ1n) is 7.22. The molecule has 1 fully saturated rings. The minimum Gasteiger partial charge on any atom is -0.352 e. The molecule has 2 rings (SSSR count). The number of hydrogen-bond acceptors (Lipinski definition) is 2. The van der Waals surface area contributed by atoms with Crippen LogP contribution in [0, 0.1) is 5.92 Å². The lowest BCUT2D eigenvalue weighted by molar-refractivity contribution is -0.122. The Kier molecular flexibility index (Phi) is 4.64. The summed E-state index contributed by atoms with van der Waals surface area (Å²) in [6, 6.07) is 3.02. The summed E-state index contributed by atoms with van der Waals surface area (Å²) >= 11 is 0. The van der Waals surface area contributed by atoms with Gasteiger partial charge in [0.15, 0.2) is 0 Å². The molecule has 1 amide bonds. The molecule has 1 saturated carbocycles. The Labute approximate surface area is 115 Å². The van der Waals surface area contributed by atoms with Crippen LogP contribution in [-0.2, 0) is 17.9 Å². The average Bonchev–Trinajstić information content (AvgIpc) is 3.07. The van der Waals surface area contributed by atoms with Crippen molar-refractivity contribution in [2.24, 2.45) is 5.92 Å². The van der Waals surface area contributed by atoms with Crippen LogP contribution in [0.3, 0.4) is 0 Å². The second-order valence-electron chi connectivity index (χ2n) is 5.95. The lowest BCUT2D eigenvalue weighted by atomic mass is 10.1. The van der Waals surface area contributed by atoms with E-state index < -0.39 is 0 Å². The highest BCUT2D eigenvalue weighted by Gasteiger charge is 2.20. The van der Waals surface area contributed by atoms with Crippen LogP contribution in [0.1, 0.15) is 39.2 Å². The van der Waals surface area contributed by atoms with Crippen molar-refractivity contribution in [3.8, 4) is 0 Å². The van der Waals surface area contributed by atoms with Crippen molar-refractivity contribution in [1.29, 1.82) is 0 Å². The molecule has 0 saturated heterocycles. The third-order valence-electron chi connectivity index (χ3n) is 3.70. The van der Waals surface area contributed by atoms with Crippen molar-refractivity contribution in [1.82, 2.24) is 15.2 Å². The van der Waals surface area contributed by atoms with Gasteiger partial charge in [0.2, 0.25) is 5.91 Å². The first-order chi connectivity index (χ1) is 9.04. The highest BCUT2D eigenvalue weighted by molar-refractivity contribution is 5.76. The fourth-order valence-corrected chi connectivity index (χ4v) is 1.88. The van der Waals surface area contributed by atoms with Gasteiger partial charge in [0.1, 0.15) is 6.54 Å². The van der Waals surface area contributed by atoms with E-state index in [4.69, 9.17) is 0 Å². The molecule has 106 valence electrons. The van der Waals surface area contributed by atoms with Gasteiger partial charge >= 0.3 is 0 Å². The topological polar surface area (TPSA) is 46.1 Å². The third kappa shape index (κ3) is 4.71. The summed E-state index contributed by atoms with van der Waals surface area (Å²) in [6.07, 6.45) is 6.63. The molecule has 1 unspecified atom stereocenters. The first kappa shape index (κ1) is 14.1.